The van der Waals surface area contributed by atoms with Gasteiger partial charge in [0.05, 0.1) is 58.1 Å². The standard InChI is InChI=1S/C25H30N2O8/c1-6-35-24(29)17-8-9-18(19(14-17)27-20(25(30)34-5)15-23(28)33-4)26-12-11-16-7-10-21(31-2)22(13-16)32-3/h7-10,13-15,26-27H,6,11-12H2,1-5H3/b20-15+. The molecule has 0 aliphatic heterocycles. The first-order valence-corrected chi connectivity index (χ1v) is 10.8. The first kappa shape index (κ1) is 27.0. The van der Waals surface area contributed by atoms with E-state index >= 15 is 0 Å². The van der Waals surface area contributed by atoms with Crippen molar-refractivity contribution in [1.29, 1.82) is 0 Å². The summed E-state index contributed by atoms with van der Waals surface area (Å²) in [5.41, 5.74) is 2.06. The highest BCUT2D eigenvalue weighted by Gasteiger charge is 2.17. The first-order chi connectivity index (χ1) is 16.9. The van der Waals surface area contributed by atoms with Crippen molar-refractivity contribution in [1.82, 2.24) is 0 Å². The molecule has 0 aromatic heterocycles. The second-order valence-corrected chi connectivity index (χ2v) is 7.04. The van der Waals surface area contributed by atoms with Crippen LogP contribution in [0.15, 0.2) is 48.2 Å². The van der Waals surface area contributed by atoms with Gasteiger partial charge in [0.1, 0.15) is 5.70 Å². The van der Waals surface area contributed by atoms with Crippen LogP contribution < -0.4 is 20.1 Å². The maximum Gasteiger partial charge on any atom is 0.354 e. The fourth-order valence-electron chi connectivity index (χ4n) is 3.10. The summed E-state index contributed by atoms with van der Waals surface area (Å²) >= 11 is 0. The van der Waals surface area contributed by atoms with Gasteiger partial charge in [-0.15, -0.1) is 0 Å². The minimum absolute atomic E-state index is 0.164. The second kappa shape index (κ2) is 13.5. The van der Waals surface area contributed by atoms with E-state index in [0.717, 1.165) is 11.6 Å². The molecule has 10 nitrogen and oxygen atoms in total. The van der Waals surface area contributed by atoms with Gasteiger partial charge >= 0.3 is 17.9 Å². The van der Waals surface area contributed by atoms with E-state index in [0.29, 0.717) is 35.8 Å². The van der Waals surface area contributed by atoms with Crippen LogP contribution >= 0.6 is 0 Å². The third-order valence-corrected chi connectivity index (χ3v) is 4.85. The maximum absolute atomic E-state index is 12.2. The number of carbonyl (C=O) groups is 3. The Morgan fingerprint density at radius 1 is 0.886 bits per heavy atom. The molecule has 0 aliphatic rings. The smallest absolute Gasteiger partial charge is 0.354 e. The van der Waals surface area contributed by atoms with Crippen molar-refractivity contribution in [2.24, 2.45) is 0 Å². The summed E-state index contributed by atoms with van der Waals surface area (Å²) in [6.45, 7) is 2.43. The van der Waals surface area contributed by atoms with Crippen LogP contribution in [0.25, 0.3) is 0 Å². The molecule has 0 fully saturated rings. The zero-order valence-corrected chi connectivity index (χ0v) is 20.4. The Labute approximate surface area is 204 Å². The molecular weight excluding hydrogens is 456 g/mol. The number of ether oxygens (including phenoxy) is 5. The Hall–Kier alpha value is -4.21. The van der Waals surface area contributed by atoms with Gasteiger partial charge in [0.15, 0.2) is 11.5 Å². The fraction of sp³-hybridized carbons (Fsp3) is 0.320. The van der Waals surface area contributed by atoms with Gasteiger partial charge in [-0.25, -0.2) is 14.4 Å². The largest absolute Gasteiger partial charge is 0.493 e. The highest BCUT2D eigenvalue weighted by molar-refractivity contribution is 6.00. The third kappa shape index (κ3) is 7.66. The summed E-state index contributed by atoms with van der Waals surface area (Å²) in [6, 6.07) is 10.4. The maximum atomic E-state index is 12.2. The van der Waals surface area contributed by atoms with E-state index < -0.39 is 17.9 Å². The number of carbonyl (C=O) groups excluding carboxylic acids is 3. The van der Waals surface area contributed by atoms with Crippen molar-refractivity contribution in [3.63, 3.8) is 0 Å². The SMILES string of the molecule is CCOC(=O)c1ccc(NCCc2ccc(OC)c(OC)c2)c(N/C(=C/C(=O)OC)C(=O)OC)c1. The van der Waals surface area contributed by atoms with Gasteiger partial charge < -0.3 is 34.3 Å². The Morgan fingerprint density at radius 2 is 1.63 bits per heavy atom. The normalized spacial score (nSPS) is 10.7. The lowest BCUT2D eigenvalue weighted by molar-refractivity contribution is -0.138. The van der Waals surface area contributed by atoms with Crippen LogP contribution in [0, 0.1) is 0 Å². The predicted octanol–water partition coefficient (Wildman–Crippen LogP) is 3.18. The number of benzene rings is 2. The number of anilines is 2. The summed E-state index contributed by atoms with van der Waals surface area (Å²) in [5.74, 6) is -0.792. The second-order valence-electron chi connectivity index (χ2n) is 7.04. The van der Waals surface area contributed by atoms with Crippen molar-refractivity contribution >= 4 is 29.3 Å². The third-order valence-electron chi connectivity index (χ3n) is 4.85. The molecule has 188 valence electrons. The number of hydrogen-bond acceptors (Lipinski definition) is 10. The number of rotatable bonds is 12. The molecule has 0 saturated carbocycles. The first-order valence-electron chi connectivity index (χ1n) is 10.8. The minimum atomic E-state index is -0.784. The number of esters is 3. The predicted molar refractivity (Wildman–Crippen MR) is 130 cm³/mol. The van der Waals surface area contributed by atoms with Gasteiger partial charge in [0.25, 0.3) is 0 Å². The molecule has 0 atom stereocenters. The molecule has 0 bridgehead atoms. The van der Waals surface area contributed by atoms with Crippen molar-refractivity contribution < 1.29 is 38.1 Å². The molecule has 10 heteroatoms. The lowest BCUT2D eigenvalue weighted by Gasteiger charge is -2.16. The summed E-state index contributed by atoms with van der Waals surface area (Å²) in [7, 11) is 5.52. The highest BCUT2D eigenvalue weighted by atomic mass is 16.5. The van der Waals surface area contributed by atoms with Crippen LogP contribution in [0.3, 0.4) is 0 Å². The van der Waals surface area contributed by atoms with Gasteiger partial charge in [-0.1, -0.05) is 6.07 Å². The zero-order chi connectivity index (χ0) is 25.8. The van der Waals surface area contributed by atoms with E-state index in [1.54, 1.807) is 33.3 Å². The van der Waals surface area contributed by atoms with Crippen LogP contribution in [-0.4, -0.2) is 59.5 Å². The van der Waals surface area contributed by atoms with E-state index in [-0.39, 0.29) is 17.9 Å². The van der Waals surface area contributed by atoms with Crippen molar-refractivity contribution in [2.45, 2.75) is 13.3 Å². The van der Waals surface area contributed by atoms with Gasteiger partial charge in [0.2, 0.25) is 0 Å². The van der Waals surface area contributed by atoms with Gasteiger partial charge in [-0.05, 0) is 49.2 Å². The molecule has 0 unspecified atom stereocenters. The molecule has 0 amide bonds. The molecule has 2 aromatic rings. The average Bonchev–Trinajstić information content (AvgIpc) is 2.88. The number of hydrogen-bond donors (Lipinski definition) is 2. The Bertz CT molecular complexity index is 1080. The molecule has 0 spiro atoms. The Morgan fingerprint density at radius 3 is 2.26 bits per heavy atom. The lowest BCUT2D eigenvalue weighted by atomic mass is 10.1. The number of nitrogens with one attached hydrogen (secondary N) is 2. The number of methoxy groups -OCH3 is 4. The van der Waals surface area contributed by atoms with E-state index in [1.165, 1.54) is 20.3 Å². The van der Waals surface area contributed by atoms with Crippen LogP contribution in [0.2, 0.25) is 0 Å². The van der Waals surface area contributed by atoms with Gasteiger partial charge in [-0.3, -0.25) is 0 Å². The van der Waals surface area contributed by atoms with Crippen LogP contribution in [0.1, 0.15) is 22.8 Å². The molecule has 2 N–H and O–H groups in total. The fourth-order valence-corrected chi connectivity index (χ4v) is 3.10. The van der Waals surface area contributed by atoms with Gasteiger partial charge in [-0.2, -0.15) is 0 Å². The molecule has 0 radical (unpaired) electrons. The molecule has 0 saturated heterocycles. The summed E-state index contributed by atoms with van der Waals surface area (Å²) in [4.78, 5) is 36.2. The monoisotopic (exact) mass is 486 g/mol. The highest BCUT2D eigenvalue weighted by Crippen LogP contribution is 2.29. The zero-order valence-electron chi connectivity index (χ0n) is 20.4. The molecule has 0 aliphatic carbocycles. The quantitative estimate of drug-likeness (QED) is 0.263. The Kier molecular flexibility index (Phi) is 10.4. The molecule has 35 heavy (non-hydrogen) atoms. The molecule has 0 heterocycles. The molecule has 2 rings (SSSR count). The Balaban J connectivity index is 2.30. The van der Waals surface area contributed by atoms with Gasteiger partial charge in [0, 0.05) is 6.54 Å². The molecular formula is C25H30N2O8. The van der Waals surface area contributed by atoms with Crippen molar-refractivity contribution in [2.75, 3.05) is 52.2 Å². The summed E-state index contributed by atoms with van der Waals surface area (Å²) < 4.78 is 25.1. The van der Waals surface area contributed by atoms with E-state index in [4.69, 9.17) is 18.9 Å². The molecule has 2 aromatic carbocycles. The van der Waals surface area contributed by atoms with E-state index in [2.05, 4.69) is 15.4 Å². The summed E-state index contributed by atoms with van der Waals surface area (Å²) in [5, 5.41) is 6.14. The van der Waals surface area contributed by atoms with E-state index in [9.17, 15) is 14.4 Å². The summed E-state index contributed by atoms with van der Waals surface area (Å²) in [6.07, 6.45) is 1.61. The van der Waals surface area contributed by atoms with Crippen molar-refractivity contribution in [3.8, 4) is 11.5 Å². The van der Waals surface area contributed by atoms with Crippen molar-refractivity contribution in [3.05, 3.63) is 59.3 Å². The van der Waals surface area contributed by atoms with Crippen LogP contribution in [0.5, 0.6) is 11.5 Å². The lowest BCUT2D eigenvalue weighted by Crippen LogP contribution is -2.17. The van der Waals surface area contributed by atoms with Crippen LogP contribution in [-0.2, 0) is 30.2 Å². The minimum Gasteiger partial charge on any atom is -0.493 e. The topological polar surface area (TPSA) is 121 Å². The van der Waals surface area contributed by atoms with Crippen LogP contribution in [0.4, 0.5) is 11.4 Å². The van der Waals surface area contributed by atoms with E-state index in [1.807, 2.05) is 18.2 Å². The average molecular weight is 487 g/mol.